The van der Waals surface area contributed by atoms with Gasteiger partial charge < -0.3 is 15.3 Å². The number of hydrogen-bond donors (Lipinski definition) is 2. The number of nitrogens with two attached hydrogens (primary N) is 1. The van der Waals surface area contributed by atoms with Crippen molar-refractivity contribution in [2.45, 2.75) is 25.8 Å². The first kappa shape index (κ1) is 20.5. The lowest BCUT2D eigenvalue weighted by Crippen LogP contribution is -2.35. The molecule has 1 aromatic heterocycles. The van der Waals surface area contributed by atoms with Gasteiger partial charge in [0, 0.05) is 5.56 Å². The lowest BCUT2D eigenvalue weighted by atomic mass is 9.94. The minimum absolute atomic E-state index is 0.148. The second-order valence-corrected chi connectivity index (χ2v) is 7.91. The molecule has 0 fully saturated rings. The van der Waals surface area contributed by atoms with Crippen molar-refractivity contribution in [3.05, 3.63) is 95.4 Å². The number of carboxylic acids is 1. The second kappa shape index (κ2) is 8.16. The van der Waals surface area contributed by atoms with E-state index in [1.54, 1.807) is 6.07 Å². The maximum atomic E-state index is 11.7. The molecule has 4 rings (SSSR count). The van der Waals surface area contributed by atoms with Gasteiger partial charge in [-0.2, -0.15) is 0 Å². The fourth-order valence-electron chi connectivity index (χ4n) is 3.59. The molecule has 31 heavy (non-hydrogen) atoms. The highest BCUT2D eigenvalue weighted by molar-refractivity contribution is 5.91. The molecule has 3 aromatic carbocycles. The Balaban J connectivity index is 1.73. The van der Waals surface area contributed by atoms with Gasteiger partial charge in [-0.3, -0.25) is 0 Å². The summed E-state index contributed by atoms with van der Waals surface area (Å²) in [6.07, 6.45) is 0.527. The summed E-state index contributed by atoms with van der Waals surface area (Å²) >= 11 is 0. The lowest BCUT2D eigenvalue weighted by Gasteiger charge is -2.20. The Morgan fingerprint density at radius 3 is 2.39 bits per heavy atom. The molecule has 0 amide bonds. The average molecular weight is 413 g/mol. The van der Waals surface area contributed by atoms with Crippen LogP contribution in [0.3, 0.4) is 0 Å². The van der Waals surface area contributed by atoms with Crippen LogP contribution >= 0.6 is 0 Å². The van der Waals surface area contributed by atoms with Crippen LogP contribution in [0.4, 0.5) is 0 Å². The number of aromatic carboxylic acids is 1. The van der Waals surface area contributed by atoms with Crippen molar-refractivity contribution in [3.63, 3.8) is 0 Å². The maximum absolute atomic E-state index is 11.7. The summed E-state index contributed by atoms with van der Waals surface area (Å²) in [4.78, 5) is 11.7. The van der Waals surface area contributed by atoms with Crippen molar-refractivity contribution >= 4 is 5.97 Å². The third-order valence-electron chi connectivity index (χ3n) is 5.21. The maximum Gasteiger partial charge on any atom is 0.335 e. The van der Waals surface area contributed by atoms with E-state index in [0.717, 1.165) is 22.3 Å². The van der Waals surface area contributed by atoms with Crippen LogP contribution in [-0.2, 0) is 12.0 Å². The van der Waals surface area contributed by atoms with E-state index >= 15 is 0 Å². The Morgan fingerprint density at radius 1 is 1.00 bits per heavy atom. The highest BCUT2D eigenvalue weighted by atomic mass is 16.4. The first-order chi connectivity index (χ1) is 14.8. The van der Waals surface area contributed by atoms with Crippen LogP contribution in [0, 0.1) is 6.92 Å². The molecule has 6 heteroatoms. The van der Waals surface area contributed by atoms with Gasteiger partial charge in [-0.1, -0.05) is 54.6 Å². The normalized spacial score (nSPS) is 13.0. The molecule has 0 aliphatic heterocycles. The number of carboxylic acid groups (broad SMARTS) is 1. The molecule has 0 bridgehead atoms. The van der Waals surface area contributed by atoms with Gasteiger partial charge in [0.2, 0.25) is 11.8 Å². The average Bonchev–Trinajstić information content (AvgIpc) is 3.26. The van der Waals surface area contributed by atoms with Gasteiger partial charge in [0.05, 0.1) is 11.1 Å². The third-order valence-corrected chi connectivity index (χ3v) is 5.21. The zero-order valence-electron chi connectivity index (χ0n) is 17.4. The topological polar surface area (TPSA) is 102 Å². The largest absolute Gasteiger partial charge is 0.478 e. The molecule has 0 radical (unpaired) electrons. The van der Waals surface area contributed by atoms with E-state index < -0.39 is 11.5 Å². The second-order valence-electron chi connectivity index (χ2n) is 7.91. The van der Waals surface area contributed by atoms with E-state index in [2.05, 4.69) is 10.2 Å². The molecule has 156 valence electrons. The van der Waals surface area contributed by atoms with Crippen molar-refractivity contribution in [3.8, 4) is 22.6 Å². The van der Waals surface area contributed by atoms with E-state index in [9.17, 15) is 9.90 Å². The van der Waals surface area contributed by atoms with Gasteiger partial charge >= 0.3 is 5.97 Å². The number of rotatable bonds is 6. The highest BCUT2D eigenvalue weighted by Crippen LogP contribution is 2.31. The Hall–Kier alpha value is -3.77. The molecule has 1 heterocycles. The standard InChI is InChI=1S/C25H23N3O3/c1-16-8-6-7-11-21(16)18-12-19(14-20(13-18)23(29)30)22-27-28-24(31-22)25(2,26)15-17-9-4-3-5-10-17/h3-14H,15,26H2,1-2H3,(H,29,30)/t25-/m1/s1. The number of carbonyl (C=O) groups is 1. The molecule has 0 saturated heterocycles. The molecule has 1 atom stereocenters. The van der Waals surface area contributed by atoms with Crippen LogP contribution in [-0.4, -0.2) is 21.3 Å². The summed E-state index contributed by atoms with van der Waals surface area (Å²) in [5.41, 5.74) is 10.1. The molecule has 0 aliphatic rings. The van der Waals surface area contributed by atoms with Gasteiger partial charge in [0.15, 0.2) is 0 Å². The fraction of sp³-hybridized carbons (Fsp3) is 0.160. The van der Waals surface area contributed by atoms with Gasteiger partial charge in [-0.05, 0) is 60.7 Å². The molecule has 6 nitrogen and oxygen atoms in total. The van der Waals surface area contributed by atoms with Gasteiger partial charge in [-0.15, -0.1) is 10.2 Å². The summed E-state index contributed by atoms with van der Waals surface area (Å²) in [7, 11) is 0. The van der Waals surface area contributed by atoms with E-state index in [4.69, 9.17) is 10.2 Å². The van der Waals surface area contributed by atoms with Crippen LogP contribution in [0.5, 0.6) is 0 Å². The van der Waals surface area contributed by atoms with Crippen LogP contribution in [0.25, 0.3) is 22.6 Å². The van der Waals surface area contributed by atoms with Crippen LogP contribution in [0.1, 0.15) is 34.3 Å². The Kier molecular flexibility index (Phi) is 5.40. The molecule has 3 N–H and O–H groups in total. The summed E-state index contributed by atoms with van der Waals surface area (Å²) < 4.78 is 5.92. The number of benzene rings is 3. The molecule has 0 spiro atoms. The zero-order chi connectivity index (χ0) is 22.0. The van der Waals surface area contributed by atoms with E-state index in [-0.39, 0.29) is 11.5 Å². The fourth-order valence-corrected chi connectivity index (χ4v) is 3.59. The summed E-state index contributed by atoms with van der Waals surface area (Å²) in [6.45, 7) is 3.82. The van der Waals surface area contributed by atoms with Crippen LogP contribution in [0.2, 0.25) is 0 Å². The van der Waals surface area contributed by atoms with E-state index in [1.807, 2.05) is 74.5 Å². The van der Waals surface area contributed by atoms with E-state index in [0.29, 0.717) is 17.9 Å². The lowest BCUT2D eigenvalue weighted by molar-refractivity contribution is 0.0697. The zero-order valence-corrected chi connectivity index (χ0v) is 17.4. The highest BCUT2D eigenvalue weighted by Gasteiger charge is 2.29. The Bertz CT molecular complexity index is 1230. The third kappa shape index (κ3) is 4.39. The first-order valence-corrected chi connectivity index (χ1v) is 9.95. The minimum Gasteiger partial charge on any atom is -0.478 e. The molecule has 0 saturated carbocycles. The van der Waals surface area contributed by atoms with Crippen LogP contribution in [0.15, 0.2) is 77.2 Å². The Morgan fingerprint density at radius 2 is 1.68 bits per heavy atom. The summed E-state index contributed by atoms with van der Waals surface area (Å²) in [5.74, 6) is -0.494. The quantitative estimate of drug-likeness (QED) is 0.469. The molecule has 4 aromatic rings. The van der Waals surface area contributed by atoms with Crippen molar-refractivity contribution < 1.29 is 14.3 Å². The van der Waals surface area contributed by atoms with Crippen LogP contribution < -0.4 is 5.73 Å². The van der Waals surface area contributed by atoms with Crippen molar-refractivity contribution in [1.29, 1.82) is 0 Å². The van der Waals surface area contributed by atoms with Crippen molar-refractivity contribution in [1.82, 2.24) is 10.2 Å². The summed E-state index contributed by atoms with van der Waals surface area (Å²) in [6, 6.07) is 22.7. The number of aromatic nitrogens is 2. The Labute approximate surface area is 180 Å². The predicted molar refractivity (Wildman–Crippen MR) is 119 cm³/mol. The predicted octanol–water partition coefficient (Wildman–Crippen LogP) is 4.83. The first-order valence-electron chi connectivity index (χ1n) is 9.95. The SMILES string of the molecule is Cc1ccccc1-c1cc(C(=O)O)cc(-c2nnc([C@](C)(N)Cc3ccccc3)o2)c1. The molecule has 0 unspecified atom stereocenters. The number of nitrogens with zero attached hydrogens (tertiary/aromatic N) is 2. The van der Waals surface area contributed by atoms with Crippen molar-refractivity contribution in [2.75, 3.05) is 0 Å². The number of hydrogen-bond acceptors (Lipinski definition) is 5. The van der Waals surface area contributed by atoms with Gasteiger partial charge in [0.1, 0.15) is 0 Å². The number of aryl methyl sites for hydroxylation is 1. The molecule has 0 aliphatic carbocycles. The minimum atomic E-state index is -1.02. The smallest absolute Gasteiger partial charge is 0.335 e. The van der Waals surface area contributed by atoms with Gasteiger partial charge in [-0.25, -0.2) is 4.79 Å². The molecular weight excluding hydrogens is 390 g/mol. The summed E-state index contributed by atoms with van der Waals surface area (Å²) in [5, 5.41) is 17.9. The van der Waals surface area contributed by atoms with Gasteiger partial charge in [0.25, 0.3) is 0 Å². The van der Waals surface area contributed by atoms with Crippen molar-refractivity contribution in [2.24, 2.45) is 5.73 Å². The monoisotopic (exact) mass is 413 g/mol. The molecular formula is C25H23N3O3. The van der Waals surface area contributed by atoms with E-state index in [1.165, 1.54) is 6.07 Å².